The van der Waals surface area contributed by atoms with Crippen molar-refractivity contribution in [3.05, 3.63) is 78.1 Å². The first-order valence-corrected chi connectivity index (χ1v) is 8.54. The van der Waals surface area contributed by atoms with Crippen molar-refractivity contribution in [2.75, 3.05) is 24.4 Å². The summed E-state index contributed by atoms with van der Waals surface area (Å²) in [5.74, 6) is 1.10. The van der Waals surface area contributed by atoms with Crippen molar-refractivity contribution in [3.8, 4) is 11.5 Å². The molecule has 136 valence electrons. The molecule has 0 aliphatic carbocycles. The summed E-state index contributed by atoms with van der Waals surface area (Å²) in [5.41, 5.74) is 2.92. The summed E-state index contributed by atoms with van der Waals surface area (Å²) in [6.45, 7) is 0. The largest absolute Gasteiger partial charge is 0.497 e. The number of methoxy groups -OCH3 is 2. The van der Waals surface area contributed by atoms with E-state index in [1.807, 2.05) is 48.5 Å². The first-order chi connectivity index (χ1) is 13.2. The van der Waals surface area contributed by atoms with Crippen LogP contribution in [0, 0.1) is 0 Å². The lowest BCUT2D eigenvalue weighted by Crippen LogP contribution is -2.43. The van der Waals surface area contributed by atoms with Crippen LogP contribution in [0.5, 0.6) is 11.5 Å². The van der Waals surface area contributed by atoms with Crippen LogP contribution in [0.4, 0.5) is 11.4 Å². The van der Waals surface area contributed by atoms with Gasteiger partial charge in [-0.3, -0.25) is 14.7 Å². The molecule has 27 heavy (non-hydrogen) atoms. The summed E-state index contributed by atoms with van der Waals surface area (Å²) in [5, 5.41) is 3.45. The lowest BCUT2D eigenvalue weighted by atomic mass is 10.0. The molecule has 1 aliphatic heterocycles. The van der Waals surface area contributed by atoms with Gasteiger partial charge in [0.25, 0.3) is 5.91 Å². The van der Waals surface area contributed by atoms with Crippen molar-refractivity contribution in [2.45, 2.75) is 6.17 Å². The van der Waals surface area contributed by atoms with E-state index in [9.17, 15) is 4.79 Å². The van der Waals surface area contributed by atoms with E-state index in [2.05, 4.69) is 10.3 Å². The summed E-state index contributed by atoms with van der Waals surface area (Å²) < 4.78 is 10.8. The molecule has 1 unspecified atom stereocenters. The second-order valence-electron chi connectivity index (χ2n) is 6.09. The third kappa shape index (κ3) is 2.95. The molecule has 1 amide bonds. The molecular formula is C21H19N3O3. The van der Waals surface area contributed by atoms with Gasteiger partial charge in [-0.2, -0.15) is 0 Å². The van der Waals surface area contributed by atoms with Crippen LogP contribution in [0.15, 0.2) is 67.0 Å². The molecule has 0 radical (unpaired) electrons. The highest BCUT2D eigenvalue weighted by atomic mass is 16.5. The molecule has 6 nitrogen and oxygen atoms in total. The number of ether oxygens (including phenoxy) is 2. The van der Waals surface area contributed by atoms with Crippen LogP contribution in [-0.2, 0) is 0 Å². The molecule has 0 saturated carbocycles. The van der Waals surface area contributed by atoms with Crippen LogP contribution in [0.3, 0.4) is 0 Å². The number of nitrogens with zero attached hydrogens (tertiary/aromatic N) is 2. The fourth-order valence-electron chi connectivity index (χ4n) is 3.26. The van der Waals surface area contributed by atoms with E-state index in [4.69, 9.17) is 9.47 Å². The van der Waals surface area contributed by atoms with Gasteiger partial charge in [-0.15, -0.1) is 0 Å². The minimum absolute atomic E-state index is 0.110. The average molecular weight is 361 g/mol. The second kappa shape index (κ2) is 6.99. The maximum absolute atomic E-state index is 13.4. The predicted molar refractivity (Wildman–Crippen MR) is 103 cm³/mol. The number of aromatic nitrogens is 1. The number of anilines is 2. The molecule has 2 aromatic carbocycles. The minimum Gasteiger partial charge on any atom is -0.497 e. The van der Waals surface area contributed by atoms with Crippen LogP contribution in [0.25, 0.3) is 0 Å². The lowest BCUT2D eigenvalue weighted by Gasteiger charge is -2.38. The third-order valence-electron chi connectivity index (χ3n) is 4.57. The van der Waals surface area contributed by atoms with Crippen molar-refractivity contribution in [3.63, 3.8) is 0 Å². The molecule has 1 aromatic heterocycles. The van der Waals surface area contributed by atoms with Crippen LogP contribution < -0.4 is 19.7 Å². The quantitative estimate of drug-likeness (QED) is 0.764. The second-order valence-corrected chi connectivity index (χ2v) is 6.09. The maximum atomic E-state index is 13.4. The first-order valence-electron chi connectivity index (χ1n) is 8.54. The number of benzene rings is 2. The van der Waals surface area contributed by atoms with E-state index in [1.165, 1.54) is 0 Å². The Bertz CT molecular complexity index is 975. The molecule has 0 fully saturated rings. The van der Waals surface area contributed by atoms with Gasteiger partial charge in [0, 0.05) is 29.7 Å². The Kier molecular flexibility index (Phi) is 4.38. The Morgan fingerprint density at radius 2 is 1.89 bits per heavy atom. The fourth-order valence-corrected chi connectivity index (χ4v) is 3.26. The van der Waals surface area contributed by atoms with Crippen molar-refractivity contribution in [1.29, 1.82) is 0 Å². The van der Waals surface area contributed by atoms with Gasteiger partial charge in [0.1, 0.15) is 17.7 Å². The Hall–Kier alpha value is -3.54. The summed E-state index contributed by atoms with van der Waals surface area (Å²) in [7, 11) is 3.17. The van der Waals surface area contributed by atoms with Gasteiger partial charge in [0.2, 0.25) is 0 Å². The number of carbonyl (C=O) groups excluding carboxylic acids is 1. The Labute approximate surface area is 157 Å². The number of rotatable bonds is 4. The van der Waals surface area contributed by atoms with E-state index >= 15 is 0 Å². The molecule has 6 heteroatoms. The molecule has 2 heterocycles. The van der Waals surface area contributed by atoms with Crippen LogP contribution in [0.2, 0.25) is 0 Å². The van der Waals surface area contributed by atoms with Gasteiger partial charge in [-0.1, -0.05) is 18.2 Å². The van der Waals surface area contributed by atoms with E-state index in [-0.39, 0.29) is 5.91 Å². The number of amides is 1. The molecule has 4 rings (SSSR count). The third-order valence-corrected chi connectivity index (χ3v) is 4.57. The number of nitrogens with one attached hydrogen (secondary N) is 1. The van der Waals surface area contributed by atoms with E-state index in [1.54, 1.807) is 37.6 Å². The summed E-state index contributed by atoms with van der Waals surface area (Å²) in [6, 6.07) is 16.7. The zero-order chi connectivity index (χ0) is 18.8. The molecule has 3 aromatic rings. The van der Waals surface area contributed by atoms with Crippen molar-refractivity contribution < 1.29 is 14.3 Å². The highest BCUT2D eigenvalue weighted by molar-refractivity contribution is 6.12. The Balaban J connectivity index is 1.89. The van der Waals surface area contributed by atoms with Crippen molar-refractivity contribution >= 4 is 17.3 Å². The van der Waals surface area contributed by atoms with Crippen molar-refractivity contribution in [2.24, 2.45) is 0 Å². The van der Waals surface area contributed by atoms with E-state index < -0.39 is 6.17 Å². The van der Waals surface area contributed by atoms with Gasteiger partial charge in [-0.05, 0) is 30.3 Å². The van der Waals surface area contributed by atoms with Crippen molar-refractivity contribution in [1.82, 2.24) is 4.98 Å². The zero-order valence-corrected chi connectivity index (χ0v) is 15.0. The number of para-hydroxylation sites is 1. The predicted octanol–water partition coefficient (Wildman–Crippen LogP) is 3.87. The average Bonchev–Trinajstić information content (AvgIpc) is 2.74. The molecule has 0 bridgehead atoms. The lowest BCUT2D eigenvalue weighted by molar-refractivity contribution is 0.0974. The van der Waals surface area contributed by atoms with Gasteiger partial charge in [0.05, 0.1) is 25.5 Å². The monoisotopic (exact) mass is 361 g/mol. The summed E-state index contributed by atoms with van der Waals surface area (Å²) in [6.07, 6.45) is 3.05. The highest BCUT2D eigenvalue weighted by Crippen LogP contribution is 2.41. The number of hydrogen-bond donors (Lipinski definition) is 1. The van der Waals surface area contributed by atoms with Crippen LogP contribution in [-0.4, -0.2) is 25.1 Å². The molecule has 1 aliphatic rings. The highest BCUT2D eigenvalue weighted by Gasteiger charge is 2.35. The first kappa shape index (κ1) is 16.9. The fraction of sp³-hybridized carbons (Fsp3) is 0.143. The summed E-state index contributed by atoms with van der Waals surface area (Å²) in [4.78, 5) is 19.3. The molecular weight excluding hydrogens is 342 g/mol. The SMILES string of the molecule is COc1ccc(N2C(=O)c3ccccc3NC2c2cccnc2)c(OC)c1. The van der Waals surface area contributed by atoms with Gasteiger partial charge >= 0.3 is 0 Å². The topological polar surface area (TPSA) is 63.7 Å². The number of carbonyl (C=O) groups is 1. The van der Waals surface area contributed by atoms with Gasteiger partial charge in [0.15, 0.2) is 0 Å². The Morgan fingerprint density at radius 3 is 2.63 bits per heavy atom. The molecule has 1 atom stereocenters. The number of hydrogen-bond acceptors (Lipinski definition) is 5. The molecule has 0 spiro atoms. The normalized spacial score (nSPS) is 15.7. The van der Waals surface area contributed by atoms with E-state index in [0.29, 0.717) is 22.7 Å². The van der Waals surface area contributed by atoms with Crippen LogP contribution in [0.1, 0.15) is 22.1 Å². The smallest absolute Gasteiger partial charge is 0.262 e. The zero-order valence-electron chi connectivity index (χ0n) is 15.0. The Morgan fingerprint density at radius 1 is 1.04 bits per heavy atom. The van der Waals surface area contributed by atoms with E-state index in [0.717, 1.165) is 11.3 Å². The maximum Gasteiger partial charge on any atom is 0.262 e. The van der Waals surface area contributed by atoms with Gasteiger partial charge in [-0.25, -0.2) is 0 Å². The standard InChI is InChI=1S/C21H19N3O3/c1-26-15-9-10-18(19(12-15)27-2)24-20(14-6-5-11-22-13-14)23-17-8-4-3-7-16(17)21(24)25/h3-13,20,23H,1-2H3. The minimum atomic E-state index is -0.414. The molecule has 1 N–H and O–H groups in total. The summed E-state index contributed by atoms with van der Waals surface area (Å²) >= 11 is 0. The van der Waals surface area contributed by atoms with Crippen LogP contribution >= 0.6 is 0 Å². The van der Waals surface area contributed by atoms with Gasteiger partial charge < -0.3 is 14.8 Å². The number of fused-ring (bicyclic) bond motifs is 1. The molecule has 0 saturated heterocycles. The number of pyridine rings is 1.